The average molecular weight is 408 g/mol. The van der Waals surface area contributed by atoms with Crippen molar-refractivity contribution in [3.63, 3.8) is 0 Å². The maximum atomic E-state index is 12.8. The maximum Gasteiger partial charge on any atom is 0.253 e. The van der Waals surface area contributed by atoms with Crippen LogP contribution in [0.2, 0.25) is 0 Å². The summed E-state index contributed by atoms with van der Waals surface area (Å²) in [5.74, 6) is 2.11. The molecule has 158 valence electrons. The molecule has 6 nitrogen and oxygen atoms in total. The van der Waals surface area contributed by atoms with Gasteiger partial charge < -0.3 is 19.3 Å². The molecular weight excluding hydrogens is 380 g/mol. The number of amides is 2. The lowest BCUT2D eigenvalue weighted by Gasteiger charge is -2.35. The molecule has 30 heavy (non-hydrogen) atoms. The number of piperazine rings is 1. The van der Waals surface area contributed by atoms with Crippen molar-refractivity contribution in [2.75, 3.05) is 33.0 Å². The number of nitrogens with zero attached hydrogens (tertiary/aromatic N) is 2. The zero-order chi connectivity index (χ0) is 21.1. The molecule has 2 heterocycles. The minimum Gasteiger partial charge on any atom is -0.454 e. The van der Waals surface area contributed by atoms with E-state index in [1.165, 1.54) is 5.56 Å². The van der Waals surface area contributed by atoms with E-state index in [-0.39, 0.29) is 18.6 Å². The predicted octanol–water partition coefficient (Wildman–Crippen LogP) is 3.46. The first-order valence-corrected chi connectivity index (χ1v) is 10.6. The van der Waals surface area contributed by atoms with E-state index in [0.717, 1.165) is 17.1 Å². The average Bonchev–Trinajstić information content (AvgIpc) is 3.25. The van der Waals surface area contributed by atoms with Crippen LogP contribution in [0.4, 0.5) is 0 Å². The van der Waals surface area contributed by atoms with Crippen molar-refractivity contribution in [2.24, 2.45) is 0 Å². The number of hydrogen-bond acceptors (Lipinski definition) is 4. The van der Waals surface area contributed by atoms with Crippen LogP contribution in [0.15, 0.2) is 42.5 Å². The molecule has 1 saturated heterocycles. The summed E-state index contributed by atoms with van der Waals surface area (Å²) in [4.78, 5) is 29.1. The molecule has 0 aliphatic carbocycles. The minimum atomic E-state index is 0.0396. The normalized spacial score (nSPS) is 15.6. The van der Waals surface area contributed by atoms with Crippen molar-refractivity contribution in [3.8, 4) is 11.5 Å². The number of hydrogen-bond donors (Lipinski definition) is 0. The van der Waals surface area contributed by atoms with E-state index in [4.69, 9.17) is 9.47 Å². The van der Waals surface area contributed by atoms with Crippen molar-refractivity contribution in [3.05, 3.63) is 59.2 Å². The molecule has 2 aromatic carbocycles. The smallest absolute Gasteiger partial charge is 0.253 e. The lowest BCUT2D eigenvalue weighted by atomic mass is 10.0. The van der Waals surface area contributed by atoms with Crippen molar-refractivity contribution in [1.29, 1.82) is 0 Å². The number of ether oxygens (including phenoxy) is 2. The summed E-state index contributed by atoms with van der Waals surface area (Å²) >= 11 is 0. The van der Waals surface area contributed by atoms with Gasteiger partial charge in [-0.15, -0.1) is 0 Å². The molecule has 0 spiro atoms. The highest BCUT2D eigenvalue weighted by atomic mass is 16.7. The Morgan fingerprint density at radius 3 is 2.27 bits per heavy atom. The fourth-order valence-electron chi connectivity index (χ4n) is 3.86. The Bertz CT molecular complexity index is 915. The van der Waals surface area contributed by atoms with Gasteiger partial charge in [0.05, 0.1) is 0 Å². The fraction of sp³-hybridized carbons (Fsp3) is 0.417. The predicted molar refractivity (Wildman–Crippen MR) is 114 cm³/mol. The molecule has 0 unspecified atom stereocenters. The van der Waals surface area contributed by atoms with Crippen molar-refractivity contribution in [2.45, 2.75) is 32.6 Å². The molecule has 0 radical (unpaired) electrons. The molecule has 6 heteroatoms. The molecule has 1 fully saturated rings. The zero-order valence-electron chi connectivity index (χ0n) is 17.6. The van der Waals surface area contributed by atoms with Gasteiger partial charge >= 0.3 is 0 Å². The summed E-state index contributed by atoms with van der Waals surface area (Å²) in [6.45, 7) is 6.83. The van der Waals surface area contributed by atoms with Crippen molar-refractivity contribution in [1.82, 2.24) is 9.80 Å². The van der Waals surface area contributed by atoms with E-state index in [0.29, 0.717) is 50.5 Å². The van der Waals surface area contributed by atoms with E-state index < -0.39 is 0 Å². The van der Waals surface area contributed by atoms with Gasteiger partial charge in [0.15, 0.2) is 11.5 Å². The van der Waals surface area contributed by atoms with Crippen LogP contribution >= 0.6 is 0 Å². The molecule has 4 rings (SSSR count). The lowest BCUT2D eigenvalue weighted by Crippen LogP contribution is -2.50. The van der Waals surface area contributed by atoms with Crippen LogP contribution in [0.3, 0.4) is 0 Å². The largest absolute Gasteiger partial charge is 0.454 e. The molecule has 2 aliphatic rings. The summed E-state index contributed by atoms with van der Waals surface area (Å²) in [6.07, 6.45) is 1.11. The van der Waals surface area contributed by atoms with Crippen LogP contribution in [0, 0.1) is 0 Å². The van der Waals surface area contributed by atoms with Crippen LogP contribution < -0.4 is 9.47 Å². The molecule has 2 amide bonds. The molecule has 2 aliphatic heterocycles. The second-order valence-corrected chi connectivity index (χ2v) is 8.14. The standard InChI is InChI=1S/C24H28N2O4/c1-17(2)19-5-7-20(8-6-19)24(28)26-13-11-25(12-14-26)23(27)10-4-18-3-9-21-22(15-18)30-16-29-21/h3,5-9,15,17H,4,10-14,16H2,1-2H3. The topological polar surface area (TPSA) is 59.1 Å². The number of fused-ring (bicyclic) bond motifs is 1. The van der Waals surface area contributed by atoms with Gasteiger partial charge in [-0.25, -0.2) is 0 Å². The Hall–Kier alpha value is -3.02. The van der Waals surface area contributed by atoms with Gasteiger partial charge in [0.2, 0.25) is 12.7 Å². The number of carbonyl (C=O) groups excluding carboxylic acids is 2. The van der Waals surface area contributed by atoms with E-state index in [1.807, 2.05) is 52.3 Å². The quantitative estimate of drug-likeness (QED) is 0.760. The molecule has 0 aromatic heterocycles. The van der Waals surface area contributed by atoms with E-state index >= 15 is 0 Å². The Labute approximate surface area is 177 Å². The summed E-state index contributed by atoms with van der Waals surface area (Å²) in [5, 5.41) is 0. The van der Waals surface area contributed by atoms with Crippen LogP contribution in [0.25, 0.3) is 0 Å². The molecular formula is C24H28N2O4. The van der Waals surface area contributed by atoms with E-state index in [1.54, 1.807) is 0 Å². The first-order valence-electron chi connectivity index (χ1n) is 10.6. The summed E-state index contributed by atoms with van der Waals surface area (Å²) < 4.78 is 10.7. The van der Waals surface area contributed by atoms with E-state index in [9.17, 15) is 9.59 Å². The third-order valence-electron chi connectivity index (χ3n) is 5.81. The zero-order valence-corrected chi connectivity index (χ0v) is 17.6. The fourth-order valence-corrected chi connectivity index (χ4v) is 3.86. The maximum absolute atomic E-state index is 12.8. The van der Waals surface area contributed by atoms with Crippen molar-refractivity contribution < 1.29 is 19.1 Å². The van der Waals surface area contributed by atoms with Gasteiger partial charge in [-0.2, -0.15) is 0 Å². The second-order valence-electron chi connectivity index (χ2n) is 8.14. The first kappa shape index (κ1) is 20.3. The van der Waals surface area contributed by atoms with Gasteiger partial charge in [0.1, 0.15) is 0 Å². The number of benzene rings is 2. The highest BCUT2D eigenvalue weighted by Crippen LogP contribution is 2.32. The minimum absolute atomic E-state index is 0.0396. The van der Waals surface area contributed by atoms with Gasteiger partial charge in [0, 0.05) is 38.2 Å². The van der Waals surface area contributed by atoms with Crippen LogP contribution in [0.1, 0.15) is 47.7 Å². The van der Waals surface area contributed by atoms with Gasteiger partial charge in [-0.1, -0.05) is 32.0 Å². The summed E-state index contributed by atoms with van der Waals surface area (Å²) in [5.41, 5.74) is 3.00. The summed E-state index contributed by atoms with van der Waals surface area (Å²) in [7, 11) is 0. The van der Waals surface area contributed by atoms with Crippen molar-refractivity contribution >= 4 is 11.8 Å². The number of carbonyl (C=O) groups is 2. The highest BCUT2D eigenvalue weighted by Gasteiger charge is 2.25. The number of rotatable bonds is 5. The first-order chi connectivity index (χ1) is 14.5. The van der Waals surface area contributed by atoms with Gasteiger partial charge in [0.25, 0.3) is 5.91 Å². The third kappa shape index (κ3) is 4.42. The molecule has 0 bridgehead atoms. The third-order valence-corrected chi connectivity index (χ3v) is 5.81. The van der Waals surface area contributed by atoms with Gasteiger partial charge in [-0.3, -0.25) is 9.59 Å². The lowest BCUT2D eigenvalue weighted by molar-refractivity contribution is -0.132. The Kier molecular flexibility index (Phi) is 5.93. The molecule has 2 aromatic rings. The van der Waals surface area contributed by atoms with Crippen LogP contribution in [-0.2, 0) is 11.2 Å². The van der Waals surface area contributed by atoms with Crippen LogP contribution in [0.5, 0.6) is 11.5 Å². The Balaban J connectivity index is 1.26. The SMILES string of the molecule is CC(C)c1ccc(C(=O)N2CCN(C(=O)CCc3ccc4c(c3)OCO4)CC2)cc1. The molecule has 0 atom stereocenters. The Morgan fingerprint density at radius 1 is 0.900 bits per heavy atom. The molecule has 0 saturated carbocycles. The monoisotopic (exact) mass is 408 g/mol. The Morgan fingerprint density at radius 2 is 1.57 bits per heavy atom. The van der Waals surface area contributed by atoms with E-state index in [2.05, 4.69) is 13.8 Å². The highest BCUT2D eigenvalue weighted by molar-refractivity contribution is 5.94. The second kappa shape index (κ2) is 8.78. The van der Waals surface area contributed by atoms with Gasteiger partial charge in [-0.05, 0) is 47.7 Å². The summed E-state index contributed by atoms with van der Waals surface area (Å²) in [6, 6.07) is 13.7. The molecule has 0 N–H and O–H groups in total. The van der Waals surface area contributed by atoms with Crippen LogP contribution in [-0.4, -0.2) is 54.6 Å². The number of aryl methyl sites for hydroxylation is 1.